The lowest BCUT2D eigenvalue weighted by molar-refractivity contribution is -0.130. The van der Waals surface area contributed by atoms with E-state index in [4.69, 9.17) is 10.9 Å². The monoisotopic (exact) mass is 224 g/mol. The number of carbonyl (C=O) groups is 1. The second-order valence-electron chi connectivity index (χ2n) is 3.84. The molecule has 1 aromatic carbocycles. The van der Waals surface area contributed by atoms with Gasteiger partial charge in [0.1, 0.15) is 5.75 Å². The molecule has 1 aromatic rings. The van der Waals surface area contributed by atoms with Gasteiger partial charge in [-0.2, -0.15) is 0 Å². The summed E-state index contributed by atoms with van der Waals surface area (Å²) in [6.45, 7) is 3.68. The quantitative estimate of drug-likeness (QED) is 0.441. The Balaban J connectivity index is 2.93. The molecular weight excluding hydrogens is 208 g/mol. The van der Waals surface area contributed by atoms with Crippen LogP contribution >= 0.6 is 0 Å². The number of amides is 1. The van der Waals surface area contributed by atoms with Crippen molar-refractivity contribution >= 4 is 5.91 Å². The van der Waals surface area contributed by atoms with Crippen molar-refractivity contribution in [3.8, 4) is 5.75 Å². The lowest BCUT2D eigenvalue weighted by Gasteiger charge is -2.14. The summed E-state index contributed by atoms with van der Waals surface area (Å²) in [4.78, 5) is 11.1. The number of aryl methyl sites for hydroxylation is 2. The molecule has 0 saturated heterocycles. The third-order valence-electron chi connectivity index (χ3n) is 2.55. The standard InChI is InChI=1S/C11H16N2O3/c1-6-3-8(14)4-7(2)9(6)5-10(12)11(15)13-16/h3-4,10,14,16H,5,12H2,1-2H3,(H,13,15)/t10-/m0/s1. The molecule has 5 N–H and O–H groups in total. The van der Waals surface area contributed by atoms with Crippen LogP contribution in [0.2, 0.25) is 0 Å². The molecule has 0 aliphatic carbocycles. The topological polar surface area (TPSA) is 95.6 Å². The molecule has 1 rings (SSSR count). The highest BCUT2D eigenvalue weighted by Crippen LogP contribution is 2.21. The first kappa shape index (κ1) is 12.5. The third-order valence-corrected chi connectivity index (χ3v) is 2.55. The van der Waals surface area contributed by atoms with E-state index in [1.807, 2.05) is 13.8 Å². The van der Waals surface area contributed by atoms with Crippen molar-refractivity contribution in [2.45, 2.75) is 26.3 Å². The zero-order valence-electron chi connectivity index (χ0n) is 9.32. The van der Waals surface area contributed by atoms with Gasteiger partial charge in [0.25, 0.3) is 5.91 Å². The van der Waals surface area contributed by atoms with Crippen molar-refractivity contribution in [1.82, 2.24) is 5.48 Å². The maximum Gasteiger partial charge on any atom is 0.260 e. The first-order valence-corrected chi connectivity index (χ1v) is 4.94. The fourth-order valence-corrected chi connectivity index (χ4v) is 1.69. The Labute approximate surface area is 93.8 Å². The number of carbonyl (C=O) groups excluding carboxylic acids is 1. The highest BCUT2D eigenvalue weighted by molar-refractivity contribution is 5.80. The maximum atomic E-state index is 11.1. The molecule has 1 amide bonds. The minimum atomic E-state index is -0.799. The van der Waals surface area contributed by atoms with E-state index in [1.165, 1.54) is 5.48 Å². The number of phenolic OH excluding ortho intramolecular Hbond substituents is 1. The number of hydrogen-bond donors (Lipinski definition) is 4. The molecule has 0 unspecified atom stereocenters. The summed E-state index contributed by atoms with van der Waals surface area (Å²) in [5.74, 6) is -0.425. The first-order valence-electron chi connectivity index (χ1n) is 4.94. The molecule has 5 heteroatoms. The van der Waals surface area contributed by atoms with Crippen LogP contribution in [0, 0.1) is 13.8 Å². The van der Waals surface area contributed by atoms with Crippen LogP contribution in [0.5, 0.6) is 5.75 Å². The van der Waals surface area contributed by atoms with Gasteiger partial charge in [0.2, 0.25) is 0 Å². The van der Waals surface area contributed by atoms with Crippen LogP contribution in [0.25, 0.3) is 0 Å². The summed E-state index contributed by atoms with van der Waals surface area (Å²) in [6.07, 6.45) is 0.324. The van der Waals surface area contributed by atoms with E-state index in [2.05, 4.69) is 0 Å². The Morgan fingerprint density at radius 3 is 2.38 bits per heavy atom. The van der Waals surface area contributed by atoms with E-state index in [1.54, 1.807) is 12.1 Å². The lowest BCUT2D eigenvalue weighted by atomic mass is 9.96. The second-order valence-corrected chi connectivity index (χ2v) is 3.84. The van der Waals surface area contributed by atoms with Crippen molar-refractivity contribution < 1.29 is 15.1 Å². The van der Waals surface area contributed by atoms with E-state index >= 15 is 0 Å². The molecule has 0 heterocycles. The molecule has 0 aliphatic rings. The Kier molecular flexibility index (Phi) is 3.87. The van der Waals surface area contributed by atoms with Gasteiger partial charge in [-0.3, -0.25) is 10.0 Å². The first-order chi connectivity index (χ1) is 7.45. The number of hydroxylamine groups is 1. The number of phenols is 1. The van der Waals surface area contributed by atoms with Gasteiger partial charge in [0.05, 0.1) is 6.04 Å². The molecule has 0 aromatic heterocycles. The largest absolute Gasteiger partial charge is 0.508 e. The third kappa shape index (κ3) is 2.71. The van der Waals surface area contributed by atoms with Crippen LogP contribution in [-0.4, -0.2) is 22.3 Å². The SMILES string of the molecule is Cc1cc(O)cc(C)c1C[C@H](N)C(=O)NO. The van der Waals surface area contributed by atoms with E-state index in [9.17, 15) is 9.90 Å². The minimum absolute atomic E-state index is 0.193. The Hall–Kier alpha value is -1.59. The summed E-state index contributed by atoms with van der Waals surface area (Å²) in [7, 11) is 0. The molecule has 0 radical (unpaired) electrons. The van der Waals surface area contributed by atoms with Gasteiger partial charge >= 0.3 is 0 Å². The van der Waals surface area contributed by atoms with Gasteiger partial charge in [0, 0.05) is 0 Å². The maximum absolute atomic E-state index is 11.1. The van der Waals surface area contributed by atoms with E-state index in [-0.39, 0.29) is 5.75 Å². The molecular formula is C11H16N2O3. The average molecular weight is 224 g/mol. The molecule has 1 atom stereocenters. The molecule has 0 spiro atoms. The van der Waals surface area contributed by atoms with Gasteiger partial charge in [-0.05, 0) is 49.1 Å². The van der Waals surface area contributed by atoms with Crippen molar-refractivity contribution in [3.63, 3.8) is 0 Å². The highest BCUT2D eigenvalue weighted by Gasteiger charge is 2.16. The van der Waals surface area contributed by atoms with E-state index in [0.717, 1.165) is 16.7 Å². The predicted molar refractivity (Wildman–Crippen MR) is 59.2 cm³/mol. The zero-order valence-corrected chi connectivity index (χ0v) is 9.32. The fourth-order valence-electron chi connectivity index (χ4n) is 1.69. The summed E-state index contributed by atoms with van der Waals surface area (Å²) < 4.78 is 0. The summed E-state index contributed by atoms with van der Waals surface area (Å²) >= 11 is 0. The van der Waals surface area contributed by atoms with Crippen LogP contribution in [0.1, 0.15) is 16.7 Å². The average Bonchev–Trinajstić information content (AvgIpc) is 2.21. The fraction of sp³-hybridized carbons (Fsp3) is 0.364. The molecule has 88 valence electrons. The number of benzene rings is 1. The predicted octanol–water partition coefficient (Wildman–Crippen LogP) is 0.384. The Bertz CT molecular complexity index is 381. The van der Waals surface area contributed by atoms with Crippen LogP contribution < -0.4 is 11.2 Å². The molecule has 16 heavy (non-hydrogen) atoms. The zero-order chi connectivity index (χ0) is 12.3. The van der Waals surface area contributed by atoms with Crippen LogP contribution in [0.4, 0.5) is 0 Å². The molecule has 0 aliphatic heterocycles. The van der Waals surface area contributed by atoms with Gasteiger partial charge in [-0.15, -0.1) is 0 Å². The minimum Gasteiger partial charge on any atom is -0.508 e. The van der Waals surface area contributed by atoms with E-state index < -0.39 is 11.9 Å². The smallest absolute Gasteiger partial charge is 0.260 e. The lowest BCUT2D eigenvalue weighted by Crippen LogP contribution is -2.40. The van der Waals surface area contributed by atoms with Crippen molar-refractivity contribution in [2.24, 2.45) is 5.73 Å². The van der Waals surface area contributed by atoms with Crippen molar-refractivity contribution in [1.29, 1.82) is 0 Å². The molecule has 0 saturated carbocycles. The summed E-state index contributed by atoms with van der Waals surface area (Å²) in [5.41, 5.74) is 9.78. The number of aromatic hydroxyl groups is 1. The Morgan fingerprint density at radius 2 is 1.94 bits per heavy atom. The number of nitrogens with two attached hydrogens (primary N) is 1. The van der Waals surface area contributed by atoms with Crippen LogP contribution in [0.15, 0.2) is 12.1 Å². The van der Waals surface area contributed by atoms with Crippen LogP contribution in [0.3, 0.4) is 0 Å². The number of rotatable bonds is 3. The van der Waals surface area contributed by atoms with Crippen molar-refractivity contribution in [3.05, 3.63) is 28.8 Å². The van der Waals surface area contributed by atoms with Gasteiger partial charge < -0.3 is 10.8 Å². The normalized spacial score (nSPS) is 12.2. The number of nitrogens with one attached hydrogen (secondary N) is 1. The Morgan fingerprint density at radius 1 is 1.44 bits per heavy atom. The van der Waals surface area contributed by atoms with E-state index in [0.29, 0.717) is 6.42 Å². The van der Waals surface area contributed by atoms with Crippen LogP contribution in [-0.2, 0) is 11.2 Å². The number of hydrogen-bond acceptors (Lipinski definition) is 4. The second kappa shape index (κ2) is 4.96. The van der Waals surface area contributed by atoms with Crippen molar-refractivity contribution in [2.75, 3.05) is 0 Å². The highest BCUT2D eigenvalue weighted by atomic mass is 16.5. The van der Waals surface area contributed by atoms with Gasteiger partial charge in [-0.1, -0.05) is 0 Å². The molecule has 0 fully saturated rings. The molecule has 5 nitrogen and oxygen atoms in total. The summed E-state index contributed by atoms with van der Waals surface area (Å²) in [6, 6.07) is 2.43. The van der Waals surface area contributed by atoms with Gasteiger partial charge in [-0.25, -0.2) is 5.48 Å². The summed E-state index contributed by atoms with van der Waals surface area (Å²) in [5, 5.41) is 17.8. The molecule has 0 bridgehead atoms. The van der Waals surface area contributed by atoms with Gasteiger partial charge in [0.15, 0.2) is 0 Å².